The number of hydrogen-bond acceptors (Lipinski definition) is 4. The molecular weight excluding hydrogens is 254 g/mol. The summed E-state index contributed by atoms with van der Waals surface area (Å²) in [5.41, 5.74) is 8.33. The van der Waals surface area contributed by atoms with E-state index in [-0.39, 0.29) is 0 Å². The Bertz CT molecular complexity index is 527. The molecule has 1 aliphatic heterocycles. The Kier molecular flexibility index (Phi) is 3.64. The van der Waals surface area contributed by atoms with Gasteiger partial charge in [-0.2, -0.15) is 0 Å². The molecule has 0 bridgehead atoms. The molecule has 3 nitrogen and oxygen atoms in total. The molecule has 3 rings (SSSR count). The lowest BCUT2D eigenvalue weighted by molar-refractivity contribution is 0.318. The third-order valence-corrected chi connectivity index (χ3v) is 4.56. The Hall–Kier alpha value is -1.23. The standard InChI is InChI=1S/C15H19N3S/c1-11-7-18(8-13(11)16)9-15-17-14(10-19-15)12-5-3-2-4-6-12/h2-6,10-11,13H,7-9,16H2,1H3. The van der Waals surface area contributed by atoms with Crippen LogP contribution in [0.5, 0.6) is 0 Å². The van der Waals surface area contributed by atoms with Gasteiger partial charge in [-0.15, -0.1) is 11.3 Å². The fourth-order valence-electron chi connectivity index (χ4n) is 2.54. The van der Waals surface area contributed by atoms with E-state index < -0.39 is 0 Å². The van der Waals surface area contributed by atoms with Crippen LogP contribution in [0.2, 0.25) is 0 Å². The topological polar surface area (TPSA) is 42.2 Å². The van der Waals surface area contributed by atoms with Crippen molar-refractivity contribution < 1.29 is 0 Å². The van der Waals surface area contributed by atoms with Crippen molar-refractivity contribution in [2.45, 2.75) is 19.5 Å². The van der Waals surface area contributed by atoms with Gasteiger partial charge >= 0.3 is 0 Å². The fraction of sp³-hybridized carbons (Fsp3) is 0.400. The summed E-state index contributed by atoms with van der Waals surface area (Å²) < 4.78 is 0. The van der Waals surface area contributed by atoms with Gasteiger partial charge in [-0.05, 0) is 5.92 Å². The van der Waals surface area contributed by atoms with Crippen molar-refractivity contribution in [2.24, 2.45) is 11.7 Å². The van der Waals surface area contributed by atoms with Crippen molar-refractivity contribution in [3.63, 3.8) is 0 Å². The van der Waals surface area contributed by atoms with Crippen molar-refractivity contribution >= 4 is 11.3 Å². The number of nitrogens with zero attached hydrogens (tertiary/aromatic N) is 2. The molecule has 1 aromatic carbocycles. The summed E-state index contributed by atoms with van der Waals surface area (Å²) in [6.07, 6.45) is 0. The van der Waals surface area contributed by atoms with Crippen LogP contribution in [-0.4, -0.2) is 29.0 Å². The number of benzene rings is 1. The quantitative estimate of drug-likeness (QED) is 0.934. The van der Waals surface area contributed by atoms with E-state index in [0.29, 0.717) is 12.0 Å². The van der Waals surface area contributed by atoms with Gasteiger partial charge in [0.25, 0.3) is 0 Å². The molecule has 2 atom stereocenters. The van der Waals surface area contributed by atoms with E-state index in [1.54, 1.807) is 11.3 Å². The van der Waals surface area contributed by atoms with Gasteiger partial charge in [-0.3, -0.25) is 4.90 Å². The Balaban J connectivity index is 1.69. The predicted octanol–water partition coefficient (Wildman–Crippen LogP) is 2.59. The average molecular weight is 273 g/mol. The van der Waals surface area contributed by atoms with Gasteiger partial charge in [0.2, 0.25) is 0 Å². The first-order valence-electron chi connectivity index (χ1n) is 6.70. The highest BCUT2D eigenvalue weighted by Gasteiger charge is 2.26. The van der Waals surface area contributed by atoms with E-state index >= 15 is 0 Å². The van der Waals surface area contributed by atoms with Gasteiger partial charge in [0.15, 0.2) is 0 Å². The van der Waals surface area contributed by atoms with Crippen LogP contribution < -0.4 is 5.73 Å². The predicted molar refractivity (Wildman–Crippen MR) is 80.0 cm³/mol. The molecular formula is C15H19N3S. The van der Waals surface area contributed by atoms with Gasteiger partial charge in [-0.25, -0.2) is 4.98 Å². The van der Waals surface area contributed by atoms with Crippen LogP contribution in [0.25, 0.3) is 11.3 Å². The van der Waals surface area contributed by atoms with E-state index in [9.17, 15) is 0 Å². The number of thiazole rings is 1. The smallest absolute Gasteiger partial charge is 0.107 e. The van der Waals surface area contributed by atoms with Crippen LogP contribution >= 0.6 is 11.3 Å². The molecule has 0 radical (unpaired) electrons. The van der Waals surface area contributed by atoms with Gasteiger partial charge in [0.1, 0.15) is 5.01 Å². The van der Waals surface area contributed by atoms with E-state index in [0.717, 1.165) is 25.3 Å². The third kappa shape index (κ3) is 2.86. The van der Waals surface area contributed by atoms with E-state index in [1.165, 1.54) is 10.6 Å². The molecule has 2 N–H and O–H groups in total. The highest BCUT2D eigenvalue weighted by atomic mass is 32.1. The first-order chi connectivity index (χ1) is 9.22. The number of rotatable bonds is 3. The Labute approximate surface area is 118 Å². The minimum Gasteiger partial charge on any atom is -0.326 e. The largest absolute Gasteiger partial charge is 0.326 e. The zero-order valence-corrected chi connectivity index (χ0v) is 11.9. The van der Waals surface area contributed by atoms with E-state index in [1.807, 2.05) is 6.07 Å². The van der Waals surface area contributed by atoms with Gasteiger partial charge in [-0.1, -0.05) is 37.3 Å². The minimum atomic E-state index is 0.313. The van der Waals surface area contributed by atoms with Crippen molar-refractivity contribution in [2.75, 3.05) is 13.1 Å². The van der Waals surface area contributed by atoms with Gasteiger partial charge < -0.3 is 5.73 Å². The zero-order chi connectivity index (χ0) is 13.2. The number of nitrogens with two attached hydrogens (primary N) is 1. The molecule has 2 aromatic rings. The fourth-order valence-corrected chi connectivity index (χ4v) is 3.39. The second-order valence-electron chi connectivity index (χ2n) is 5.33. The molecule has 2 unspecified atom stereocenters. The zero-order valence-electron chi connectivity index (χ0n) is 11.1. The highest BCUT2D eigenvalue weighted by Crippen LogP contribution is 2.24. The molecule has 0 amide bonds. The lowest BCUT2D eigenvalue weighted by Crippen LogP contribution is -2.28. The lowest BCUT2D eigenvalue weighted by Gasteiger charge is -2.12. The van der Waals surface area contributed by atoms with Crippen LogP contribution in [0.1, 0.15) is 11.9 Å². The molecule has 1 fully saturated rings. The average Bonchev–Trinajstić information content (AvgIpc) is 2.99. The number of hydrogen-bond donors (Lipinski definition) is 1. The molecule has 1 saturated heterocycles. The first-order valence-corrected chi connectivity index (χ1v) is 7.58. The molecule has 100 valence electrons. The SMILES string of the molecule is CC1CN(Cc2nc(-c3ccccc3)cs2)CC1N. The maximum atomic E-state index is 6.06. The van der Waals surface area contributed by atoms with Crippen molar-refractivity contribution in [3.05, 3.63) is 40.7 Å². The normalized spacial score (nSPS) is 23.9. The van der Waals surface area contributed by atoms with Crippen molar-refractivity contribution in [1.82, 2.24) is 9.88 Å². The van der Waals surface area contributed by atoms with Crippen LogP contribution in [0.15, 0.2) is 35.7 Å². The summed E-state index contributed by atoms with van der Waals surface area (Å²) in [6.45, 7) is 5.22. The number of aromatic nitrogens is 1. The highest BCUT2D eigenvalue weighted by molar-refractivity contribution is 7.09. The Morgan fingerprint density at radius 3 is 2.79 bits per heavy atom. The Morgan fingerprint density at radius 2 is 2.11 bits per heavy atom. The summed E-state index contributed by atoms with van der Waals surface area (Å²) in [6, 6.07) is 10.7. The van der Waals surface area contributed by atoms with Crippen LogP contribution in [0.4, 0.5) is 0 Å². The Morgan fingerprint density at radius 1 is 1.32 bits per heavy atom. The minimum absolute atomic E-state index is 0.313. The summed E-state index contributed by atoms with van der Waals surface area (Å²) in [5.74, 6) is 0.591. The number of likely N-dealkylation sites (tertiary alicyclic amines) is 1. The molecule has 19 heavy (non-hydrogen) atoms. The van der Waals surface area contributed by atoms with Crippen LogP contribution in [0, 0.1) is 5.92 Å². The van der Waals surface area contributed by atoms with Gasteiger partial charge in [0.05, 0.1) is 12.2 Å². The molecule has 4 heteroatoms. The lowest BCUT2D eigenvalue weighted by atomic mass is 10.1. The summed E-state index contributed by atoms with van der Waals surface area (Å²) in [5, 5.41) is 3.32. The molecule has 2 heterocycles. The molecule has 0 aliphatic carbocycles. The summed E-state index contributed by atoms with van der Waals surface area (Å²) in [7, 11) is 0. The molecule has 0 saturated carbocycles. The molecule has 1 aliphatic rings. The van der Waals surface area contributed by atoms with Crippen molar-refractivity contribution in [3.8, 4) is 11.3 Å². The summed E-state index contributed by atoms with van der Waals surface area (Å²) >= 11 is 1.74. The second kappa shape index (κ2) is 5.41. The van der Waals surface area contributed by atoms with E-state index in [2.05, 4.69) is 41.5 Å². The molecule has 0 spiro atoms. The van der Waals surface area contributed by atoms with E-state index in [4.69, 9.17) is 10.7 Å². The van der Waals surface area contributed by atoms with Gasteiger partial charge in [0, 0.05) is 30.1 Å². The summed E-state index contributed by atoms with van der Waals surface area (Å²) in [4.78, 5) is 7.14. The van der Waals surface area contributed by atoms with Crippen LogP contribution in [0.3, 0.4) is 0 Å². The van der Waals surface area contributed by atoms with Crippen LogP contribution in [-0.2, 0) is 6.54 Å². The molecule has 1 aromatic heterocycles. The maximum absolute atomic E-state index is 6.06. The first kappa shape index (κ1) is 12.8. The maximum Gasteiger partial charge on any atom is 0.107 e. The monoisotopic (exact) mass is 273 g/mol. The third-order valence-electron chi connectivity index (χ3n) is 3.73. The van der Waals surface area contributed by atoms with Crippen molar-refractivity contribution in [1.29, 1.82) is 0 Å². The second-order valence-corrected chi connectivity index (χ2v) is 6.27.